The molecule has 1 aromatic heterocycles. The van der Waals surface area contributed by atoms with Crippen LogP contribution in [0.25, 0.3) is 0 Å². The van der Waals surface area contributed by atoms with E-state index >= 15 is 0 Å². The van der Waals surface area contributed by atoms with Crippen molar-refractivity contribution in [2.45, 2.75) is 40.5 Å². The highest BCUT2D eigenvalue weighted by molar-refractivity contribution is 5.46. The minimum atomic E-state index is 0.399. The van der Waals surface area contributed by atoms with Crippen LogP contribution in [0.5, 0.6) is 0 Å². The topological polar surface area (TPSA) is 41.1 Å². The van der Waals surface area contributed by atoms with Gasteiger partial charge >= 0.3 is 0 Å². The molecule has 1 fully saturated rings. The van der Waals surface area contributed by atoms with Gasteiger partial charge in [0.05, 0.1) is 0 Å². The molecule has 0 amide bonds. The second-order valence-corrected chi connectivity index (χ2v) is 5.95. The van der Waals surface area contributed by atoms with E-state index in [1.165, 1.54) is 6.42 Å². The molecule has 1 aliphatic rings. The van der Waals surface area contributed by atoms with Crippen LogP contribution in [0.15, 0.2) is 6.07 Å². The molecule has 0 saturated carbocycles. The predicted molar refractivity (Wildman–Crippen MR) is 76.2 cm³/mol. The maximum absolute atomic E-state index is 4.62. The molecule has 100 valence electrons. The summed E-state index contributed by atoms with van der Waals surface area (Å²) in [6.45, 7) is 11.9. The van der Waals surface area contributed by atoms with Crippen LogP contribution in [0.3, 0.4) is 0 Å². The average Bonchev–Trinajstić information content (AvgIpc) is 2.66. The average molecular weight is 248 g/mol. The normalized spacial score (nSPS) is 18.1. The van der Waals surface area contributed by atoms with Gasteiger partial charge in [0.25, 0.3) is 0 Å². The summed E-state index contributed by atoms with van der Waals surface area (Å²) >= 11 is 0. The van der Waals surface area contributed by atoms with Gasteiger partial charge in [-0.2, -0.15) is 4.98 Å². The Morgan fingerprint density at radius 3 is 2.78 bits per heavy atom. The van der Waals surface area contributed by atoms with Crippen LogP contribution in [-0.2, 0) is 0 Å². The van der Waals surface area contributed by atoms with E-state index in [1.807, 2.05) is 6.92 Å². The molecule has 1 N–H and O–H groups in total. The number of hydrogen-bond donors (Lipinski definition) is 1. The van der Waals surface area contributed by atoms with E-state index < -0.39 is 0 Å². The van der Waals surface area contributed by atoms with E-state index in [0.717, 1.165) is 43.5 Å². The minimum Gasteiger partial charge on any atom is -0.356 e. The largest absolute Gasteiger partial charge is 0.356 e. The highest BCUT2D eigenvalue weighted by Gasteiger charge is 2.30. The molecule has 0 radical (unpaired) electrons. The first-order chi connectivity index (χ1) is 8.50. The van der Waals surface area contributed by atoms with Crippen molar-refractivity contribution in [3.8, 4) is 0 Å². The molecule has 1 aliphatic heterocycles. The number of aromatic nitrogens is 2. The first-order valence-corrected chi connectivity index (χ1v) is 6.85. The third kappa shape index (κ3) is 3.12. The molecular weight excluding hydrogens is 224 g/mol. The third-order valence-corrected chi connectivity index (χ3v) is 3.38. The molecule has 4 nitrogen and oxygen atoms in total. The number of aryl methyl sites for hydroxylation is 1. The molecule has 1 aromatic rings. The first kappa shape index (κ1) is 13.1. The highest BCUT2D eigenvalue weighted by atomic mass is 15.2. The van der Waals surface area contributed by atoms with Crippen molar-refractivity contribution in [3.63, 3.8) is 0 Å². The Balaban J connectivity index is 2.15. The quantitative estimate of drug-likeness (QED) is 0.889. The van der Waals surface area contributed by atoms with Crippen molar-refractivity contribution in [2.24, 2.45) is 5.41 Å². The van der Waals surface area contributed by atoms with Gasteiger partial charge in [-0.25, -0.2) is 4.98 Å². The molecule has 1 saturated heterocycles. The lowest BCUT2D eigenvalue weighted by Gasteiger charge is -2.21. The van der Waals surface area contributed by atoms with Gasteiger partial charge in [0.15, 0.2) is 0 Å². The minimum absolute atomic E-state index is 0.399. The molecule has 0 unspecified atom stereocenters. The van der Waals surface area contributed by atoms with E-state index in [9.17, 15) is 0 Å². The Labute approximate surface area is 110 Å². The summed E-state index contributed by atoms with van der Waals surface area (Å²) in [6.07, 6.45) is 2.32. The van der Waals surface area contributed by atoms with Gasteiger partial charge in [0.1, 0.15) is 5.82 Å². The Morgan fingerprint density at radius 1 is 1.39 bits per heavy atom. The van der Waals surface area contributed by atoms with Crippen molar-refractivity contribution < 1.29 is 0 Å². The number of nitrogens with zero attached hydrogens (tertiary/aromatic N) is 3. The van der Waals surface area contributed by atoms with Crippen molar-refractivity contribution in [3.05, 3.63) is 11.8 Å². The lowest BCUT2D eigenvalue weighted by Crippen LogP contribution is -2.24. The van der Waals surface area contributed by atoms with Crippen LogP contribution in [0, 0.1) is 12.3 Å². The second-order valence-electron chi connectivity index (χ2n) is 5.95. The smallest absolute Gasteiger partial charge is 0.224 e. The molecule has 0 bridgehead atoms. The Bertz CT molecular complexity index is 414. The Hall–Kier alpha value is -1.32. The van der Waals surface area contributed by atoms with E-state index in [-0.39, 0.29) is 0 Å². The van der Waals surface area contributed by atoms with Crippen molar-refractivity contribution in [1.82, 2.24) is 9.97 Å². The SMILES string of the molecule is CCCNc1nc(C)cc(N2CCC(C)(C)C2)n1. The van der Waals surface area contributed by atoms with E-state index in [2.05, 4.69) is 47.0 Å². The summed E-state index contributed by atoms with van der Waals surface area (Å²) in [5.41, 5.74) is 1.43. The summed E-state index contributed by atoms with van der Waals surface area (Å²) in [6, 6.07) is 2.08. The molecular formula is C14H24N4. The van der Waals surface area contributed by atoms with Crippen LogP contribution >= 0.6 is 0 Å². The molecule has 0 atom stereocenters. The van der Waals surface area contributed by atoms with Crippen LogP contribution in [0.2, 0.25) is 0 Å². The maximum atomic E-state index is 4.62. The molecule has 0 aliphatic carbocycles. The van der Waals surface area contributed by atoms with Gasteiger partial charge in [-0.05, 0) is 25.2 Å². The van der Waals surface area contributed by atoms with Crippen molar-refractivity contribution in [2.75, 3.05) is 29.9 Å². The fourth-order valence-electron chi connectivity index (χ4n) is 2.34. The summed E-state index contributed by atoms with van der Waals surface area (Å²) in [7, 11) is 0. The Morgan fingerprint density at radius 2 is 2.17 bits per heavy atom. The van der Waals surface area contributed by atoms with E-state index in [1.54, 1.807) is 0 Å². The standard InChI is InChI=1S/C14H24N4/c1-5-7-15-13-16-11(2)9-12(17-13)18-8-6-14(3,4)10-18/h9H,5-8,10H2,1-4H3,(H,15,16,17). The van der Waals surface area contributed by atoms with Crippen LogP contribution < -0.4 is 10.2 Å². The summed E-state index contributed by atoms with van der Waals surface area (Å²) < 4.78 is 0. The van der Waals surface area contributed by atoms with Gasteiger partial charge in [-0.1, -0.05) is 20.8 Å². The van der Waals surface area contributed by atoms with Gasteiger partial charge in [-0.15, -0.1) is 0 Å². The fraction of sp³-hybridized carbons (Fsp3) is 0.714. The molecule has 2 rings (SSSR count). The number of anilines is 2. The number of rotatable bonds is 4. The van der Waals surface area contributed by atoms with Gasteiger partial charge in [0.2, 0.25) is 5.95 Å². The summed E-state index contributed by atoms with van der Waals surface area (Å²) in [4.78, 5) is 11.4. The fourth-order valence-corrected chi connectivity index (χ4v) is 2.34. The third-order valence-electron chi connectivity index (χ3n) is 3.38. The first-order valence-electron chi connectivity index (χ1n) is 6.85. The molecule has 4 heteroatoms. The zero-order valence-electron chi connectivity index (χ0n) is 12.0. The van der Waals surface area contributed by atoms with Crippen molar-refractivity contribution in [1.29, 1.82) is 0 Å². The molecule has 0 spiro atoms. The zero-order chi connectivity index (χ0) is 13.2. The molecule has 0 aromatic carbocycles. The highest BCUT2D eigenvalue weighted by Crippen LogP contribution is 2.31. The number of hydrogen-bond acceptors (Lipinski definition) is 4. The van der Waals surface area contributed by atoms with Gasteiger partial charge in [-0.3, -0.25) is 0 Å². The molecule has 2 heterocycles. The van der Waals surface area contributed by atoms with E-state index in [0.29, 0.717) is 5.41 Å². The van der Waals surface area contributed by atoms with Gasteiger partial charge in [0, 0.05) is 31.4 Å². The van der Waals surface area contributed by atoms with Gasteiger partial charge < -0.3 is 10.2 Å². The Kier molecular flexibility index (Phi) is 3.73. The van der Waals surface area contributed by atoms with Crippen LogP contribution in [-0.4, -0.2) is 29.6 Å². The van der Waals surface area contributed by atoms with Crippen molar-refractivity contribution >= 4 is 11.8 Å². The lowest BCUT2D eigenvalue weighted by molar-refractivity contribution is 0.418. The van der Waals surface area contributed by atoms with Crippen LogP contribution in [0.1, 0.15) is 39.3 Å². The maximum Gasteiger partial charge on any atom is 0.224 e. The lowest BCUT2D eigenvalue weighted by atomic mass is 9.93. The molecule has 18 heavy (non-hydrogen) atoms. The second kappa shape index (κ2) is 5.12. The van der Waals surface area contributed by atoms with Crippen LogP contribution in [0.4, 0.5) is 11.8 Å². The number of nitrogens with one attached hydrogen (secondary N) is 1. The summed E-state index contributed by atoms with van der Waals surface area (Å²) in [5, 5.41) is 3.27. The summed E-state index contributed by atoms with van der Waals surface area (Å²) in [5.74, 6) is 1.82. The monoisotopic (exact) mass is 248 g/mol. The predicted octanol–water partition coefficient (Wildman–Crippen LogP) is 2.84. The van der Waals surface area contributed by atoms with E-state index in [4.69, 9.17) is 0 Å². The zero-order valence-corrected chi connectivity index (χ0v) is 12.0.